The zero-order chi connectivity index (χ0) is 26.7. The molecule has 3 aromatic carbocycles. The second-order valence-electron chi connectivity index (χ2n) is 9.08. The number of aryl methyl sites for hydroxylation is 3. The lowest BCUT2D eigenvalue weighted by Gasteiger charge is -2.17. The Morgan fingerprint density at radius 2 is 1.59 bits per heavy atom. The molecule has 0 bridgehead atoms. The molecule has 4 rings (SSSR count). The van der Waals surface area contributed by atoms with Crippen molar-refractivity contribution in [2.24, 2.45) is 5.92 Å². The molecule has 1 amide bonds. The Morgan fingerprint density at radius 3 is 2.24 bits per heavy atom. The third-order valence-electron chi connectivity index (χ3n) is 6.30. The van der Waals surface area contributed by atoms with E-state index in [0.29, 0.717) is 0 Å². The number of hydrogen-bond acceptors (Lipinski definition) is 7. The maximum Gasteiger partial charge on any atom is 0.339 e. The minimum atomic E-state index is -4.01. The van der Waals surface area contributed by atoms with Crippen LogP contribution in [0.15, 0.2) is 71.6 Å². The first-order chi connectivity index (χ1) is 17.5. The maximum atomic E-state index is 12.6. The van der Waals surface area contributed by atoms with Crippen molar-refractivity contribution in [2.45, 2.75) is 32.1 Å². The fraction of sp³-hybridized carbons (Fsp3) is 0.250. The standard InChI is InChI=1S/C28H27NO7S/c1-18-4-12-25(13-5-18)37(33,34)36-24-10-7-21(8-11-24)26(30)17-35-28(32)22-15-27(31)29(16-22)23-9-6-19(2)20(3)14-23/h4-14,22H,15-17H2,1-3H3/t22-/m0/s1. The lowest BCUT2D eigenvalue weighted by atomic mass is 10.1. The van der Waals surface area contributed by atoms with E-state index in [1.807, 2.05) is 39.0 Å². The van der Waals surface area contributed by atoms with Gasteiger partial charge in [-0.3, -0.25) is 14.4 Å². The van der Waals surface area contributed by atoms with Gasteiger partial charge in [0.05, 0.1) is 5.92 Å². The summed E-state index contributed by atoms with van der Waals surface area (Å²) < 4.78 is 35.2. The Hall–Kier alpha value is -3.98. The van der Waals surface area contributed by atoms with Crippen LogP contribution in [0, 0.1) is 26.7 Å². The van der Waals surface area contributed by atoms with Gasteiger partial charge in [0, 0.05) is 24.2 Å². The number of nitrogens with zero attached hydrogens (tertiary/aromatic N) is 1. The highest BCUT2D eigenvalue weighted by Gasteiger charge is 2.36. The lowest BCUT2D eigenvalue weighted by molar-refractivity contribution is -0.147. The van der Waals surface area contributed by atoms with Gasteiger partial charge in [-0.25, -0.2) is 0 Å². The number of amides is 1. The number of ether oxygens (including phenoxy) is 1. The van der Waals surface area contributed by atoms with Crippen molar-refractivity contribution < 1.29 is 31.7 Å². The van der Waals surface area contributed by atoms with E-state index in [1.165, 1.54) is 36.4 Å². The highest BCUT2D eigenvalue weighted by atomic mass is 32.2. The first-order valence-electron chi connectivity index (χ1n) is 11.7. The Balaban J connectivity index is 1.32. The summed E-state index contributed by atoms with van der Waals surface area (Å²) in [6.07, 6.45) is 0.0153. The smallest absolute Gasteiger partial charge is 0.339 e. The summed E-state index contributed by atoms with van der Waals surface area (Å²) in [5.41, 5.74) is 4.03. The van der Waals surface area contributed by atoms with Crippen molar-refractivity contribution in [1.29, 1.82) is 0 Å². The number of hydrogen-bond donors (Lipinski definition) is 0. The molecule has 1 saturated heterocycles. The molecular weight excluding hydrogens is 494 g/mol. The van der Waals surface area contributed by atoms with Crippen LogP contribution in [0.5, 0.6) is 5.75 Å². The molecule has 192 valence electrons. The molecule has 1 fully saturated rings. The molecule has 1 heterocycles. The summed E-state index contributed by atoms with van der Waals surface area (Å²) >= 11 is 0. The number of anilines is 1. The normalized spacial score (nSPS) is 15.5. The largest absolute Gasteiger partial charge is 0.457 e. The van der Waals surface area contributed by atoms with Crippen LogP contribution < -0.4 is 9.08 Å². The quantitative estimate of drug-likeness (QED) is 0.249. The Labute approximate surface area is 215 Å². The van der Waals surface area contributed by atoms with Gasteiger partial charge in [-0.1, -0.05) is 23.8 Å². The molecule has 1 atom stereocenters. The lowest BCUT2D eigenvalue weighted by Crippen LogP contribution is -2.27. The average Bonchev–Trinajstić information content (AvgIpc) is 3.26. The van der Waals surface area contributed by atoms with Crippen molar-refractivity contribution in [3.8, 4) is 5.75 Å². The maximum absolute atomic E-state index is 12.6. The molecule has 0 spiro atoms. The van der Waals surface area contributed by atoms with Gasteiger partial charge in [0.25, 0.3) is 0 Å². The van der Waals surface area contributed by atoms with Crippen molar-refractivity contribution in [1.82, 2.24) is 0 Å². The molecule has 0 unspecified atom stereocenters. The van der Waals surface area contributed by atoms with Crippen molar-refractivity contribution in [3.05, 3.63) is 89.0 Å². The molecule has 0 aliphatic carbocycles. The number of ketones is 1. The number of benzene rings is 3. The fourth-order valence-electron chi connectivity index (χ4n) is 3.92. The molecule has 0 N–H and O–H groups in total. The van der Waals surface area contributed by atoms with Crippen LogP contribution in [0.4, 0.5) is 5.69 Å². The SMILES string of the molecule is Cc1ccc(S(=O)(=O)Oc2ccc(C(=O)COC(=O)[C@H]3CC(=O)N(c4ccc(C)c(C)c4)C3)cc2)cc1. The third-order valence-corrected chi connectivity index (χ3v) is 7.56. The molecule has 1 aliphatic rings. The van der Waals surface area contributed by atoms with E-state index in [9.17, 15) is 22.8 Å². The van der Waals surface area contributed by atoms with Gasteiger partial charge in [-0.05, 0) is 80.4 Å². The van der Waals surface area contributed by atoms with Gasteiger partial charge in [0.1, 0.15) is 10.6 Å². The molecule has 3 aromatic rings. The van der Waals surface area contributed by atoms with Crippen LogP contribution in [-0.4, -0.2) is 39.2 Å². The summed E-state index contributed by atoms with van der Waals surface area (Å²) in [4.78, 5) is 39.1. The van der Waals surface area contributed by atoms with Crippen LogP contribution in [0.2, 0.25) is 0 Å². The Bertz CT molecular complexity index is 1440. The van der Waals surface area contributed by atoms with Crippen LogP contribution in [0.3, 0.4) is 0 Å². The van der Waals surface area contributed by atoms with Gasteiger partial charge in [-0.2, -0.15) is 8.42 Å². The van der Waals surface area contributed by atoms with E-state index in [4.69, 9.17) is 8.92 Å². The predicted octanol–water partition coefficient (Wildman–Crippen LogP) is 4.16. The third kappa shape index (κ3) is 6.06. The van der Waals surface area contributed by atoms with E-state index < -0.39 is 34.4 Å². The summed E-state index contributed by atoms with van der Waals surface area (Å²) in [5, 5.41) is 0. The number of carbonyl (C=O) groups is 3. The Kier molecular flexibility index (Phi) is 7.45. The van der Waals surface area contributed by atoms with Gasteiger partial charge in [0.15, 0.2) is 12.4 Å². The zero-order valence-corrected chi connectivity index (χ0v) is 21.6. The summed E-state index contributed by atoms with van der Waals surface area (Å²) in [6.45, 7) is 5.48. The van der Waals surface area contributed by atoms with Crippen molar-refractivity contribution in [2.75, 3.05) is 18.1 Å². The van der Waals surface area contributed by atoms with Crippen molar-refractivity contribution >= 4 is 33.5 Å². The zero-order valence-electron chi connectivity index (χ0n) is 20.8. The molecule has 0 radical (unpaired) electrons. The van der Waals surface area contributed by atoms with Crippen LogP contribution in [0.25, 0.3) is 0 Å². The Morgan fingerprint density at radius 1 is 0.919 bits per heavy atom. The van der Waals surface area contributed by atoms with Gasteiger partial charge in [-0.15, -0.1) is 0 Å². The highest BCUT2D eigenvalue weighted by molar-refractivity contribution is 7.87. The molecule has 0 saturated carbocycles. The predicted molar refractivity (Wildman–Crippen MR) is 137 cm³/mol. The van der Waals surface area contributed by atoms with E-state index in [0.717, 1.165) is 22.4 Å². The first kappa shape index (κ1) is 26.1. The van der Waals surface area contributed by atoms with Gasteiger partial charge in [0.2, 0.25) is 5.91 Å². The minimum Gasteiger partial charge on any atom is -0.457 e. The first-order valence-corrected chi connectivity index (χ1v) is 13.1. The summed E-state index contributed by atoms with van der Waals surface area (Å²) in [5.74, 6) is -1.86. The second kappa shape index (κ2) is 10.6. The second-order valence-corrected chi connectivity index (χ2v) is 10.6. The van der Waals surface area contributed by atoms with Gasteiger partial charge < -0.3 is 13.8 Å². The van der Waals surface area contributed by atoms with E-state index in [1.54, 1.807) is 17.0 Å². The topological polar surface area (TPSA) is 107 Å². The summed E-state index contributed by atoms with van der Waals surface area (Å²) in [6, 6.07) is 17.4. The molecule has 1 aliphatic heterocycles. The molecule has 37 heavy (non-hydrogen) atoms. The molecular formula is C28H27NO7S. The summed E-state index contributed by atoms with van der Waals surface area (Å²) in [7, 11) is -4.01. The fourth-order valence-corrected chi connectivity index (χ4v) is 4.85. The van der Waals surface area contributed by atoms with E-state index in [2.05, 4.69) is 0 Å². The van der Waals surface area contributed by atoms with E-state index >= 15 is 0 Å². The number of esters is 1. The molecule has 0 aromatic heterocycles. The van der Waals surface area contributed by atoms with Crippen LogP contribution in [-0.2, 0) is 24.4 Å². The van der Waals surface area contributed by atoms with Gasteiger partial charge >= 0.3 is 16.1 Å². The van der Waals surface area contributed by atoms with E-state index in [-0.39, 0.29) is 35.1 Å². The number of Topliss-reactive ketones (excluding diaryl/α,β-unsaturated/α-hetero) is 1. The monoisotopic (exact) mass is 521 g/mol. The van der Waals surface area contributed by atoms with Crippen LogP contribution >= 0.6 is 0 Å². The highest BCUT2D eigenvalue weighted by Crippen LogP contribution is 2.27. The van der Waals surface area contributed by atoms with Crippen LogP contribution in [0.1, 0.15) is 33.5 Å². The minimum absolute atomic E-state index is 0.0153. The number of carbonyl (C=O) groups excluding carboxylic acids is 3. The number of rotatable bonds is 8. The molecule has 9 heteroatoms. The van der Waals surface area contributed by atoms with Crippen molar-refractivity contribution in [3.63, 3.8) is 0 Å². The average molecular weight is 522 g/mol. The molecule has 8 nitrogen and oxygen atoms in total.